The minimum absolute atomic E-state index is 0.738. The van der Waals surface area contributed by atoms with E-state index in [1.165, 1.54) is 11.1 Å². The first-order chi connectivity index (χ1) is 12.1. The Morgan fingerprint density at radius 3 is 2.80 bits per heavy atom. The highest BCUT2D eigenvalue weighted by molar-refractivity contribution is 9.10. The first-order valence-corrected chi connectivity index (χ1v) is 9.65. The van der Waals surface area contributed by atoms with E-state index in [1.54, 1.807) is 11.8 Å². The van der Waals surface area contributed by atoms with Gasteiger partial charge in [-0.05, 0) is 43.2 Å². The Balaban J connectivity index is 1.72. The molecule has 0 saturated carbocycles. The van der Waals surface area contributed by atoms with Crippen LogP contribution in [0.15, 0.2) is 57.1 Å². The van der Waals surface area contributed by atoms with Crippen LogP contribution in [0.5, 0.6) is 0 Å². The summed E-state index contributed by atoms with van der Waals surface area (Å²) in [5.74, 6) is 2.39. The second-order valence-corrected chi connectivity index (χ2v) is 7.60. The zero-order valence-corrected chi connectivity index (χ0v) is 16.2. The molecule has 0 unspecified atom stereocenters. The molecule has 1 N–H and O–H groups in total. The molecule has 0 atom stereocenters. The summed E-state index contributed by atoms with van der Waals surface area (Å²) < 4.78 is 2.88. The summed E-state index contributed by atoms with van der Waals surface area (Å²) in [5.41, 5.74) is 7.78. The van der Waals surface area contributed by atoms with Crippen LogP contribution in [-0.4, -0.2) is 26.5 Å². The Morgan fingerprint density at radius 1 is 1.12 bits per heavy atom. The molecule has 4 rings (SSSR count). The van der Waals surface area contributed by atoms with E-state index in [-0.39, 0.29) is 0 Å². The van der Waals surface area contributed by atoms with Crippen molar-refractivity contribution in [1.82, 2.24) is 14.9 Å². The number of benzene rings is 2. The molecule has 25 heavy (non-hydrogen) atoms. The van der Waals surface area contributed by atoms with Crippen molar-refractivity contribution in [2.45, 2.75) is 19.0 Å². The van der Waals surface area contributed by atoms with Gasteiger partial charge in [0.25, 0.3) is 0 Å². The lowest BCUT2D eigenvalue weighted by atomic mass is 10.1. The summed E-state index contributed by atoms with van der Waals surface area (Å²) in [7, 11) is 0. The molecular weight excluding hydrogens is 398 g/mol. The van der Waals surface area contributed by atoms with Gasteiger partial charge in [-0.1, -0.05) is 52.0 Å². The van der Waals surface area contributed by atoms with Crippen LogP contribution >= 0.6 is 27.7 Å². The number of fused-ring (bicyclic) bond motifs is 1. The molecule has 1 aliphatic rings. The molecule has 0 radical (unpaired) electrons. The number of rotatable bonds is 2. The minimum Gasteiger partial charge on any atom is -0.276 e. The lowest BCUT2D eigenvalue weighted by molar-refractivity contribution is 0.826. The monoisotopic (exact) mass is 413 g/mol. The van der Waals surface area contributed by atoms with Crippen molar-refractivity contribution >= 4 is 39.2 Å². The highest BCUT2D eigenvalue weighted by Gasteiger charge is 2.22. The SMILES string of the molecule is Cc1cccc(N=C2CSc3nnc(-c4ccccc4Br)n3N2)c1C. The molecule has 0 fully saturated rings. The molecule has 0 bridgehead atoms. The van der Waals surface area contributed by atoms with Gasteiger partial charge in [0.05, 0.1) is 11.4 Å². The van der Waals surface area contributed by atoms with Crippen LogP contribution in [0.1, 0.15) is 11.1 Å². The van der Waals surface area contributed by atoms with Gasteiger partial charge in [-0.25, -0.2) is 9.67 Å². The maximum absolute atomic E-state index is 4.81. The fraction of sp³-hybridized carbons (Fsp3) is 0.167. The molecule has 2 heterocycles. The molecule has 0 spiro atoms. The summed E-state index contributed by atoms with van der Waals surface area (Å²) in [6, 6.07) is 14.2. The van der Waals surface area contributed by atoms with Gasteiger partial charge in [0.1, 0.15) is 5.84 Å². The van der Waals surface area contributed by atoms with E-state index >= 15 is 0 Å². The zero-order chi connectivity index (χ0) is 17.4. The second kappa shape index (κ2) is 6.65. The number of nitrogens with zero attached hydrogens (tertiary/aromatic N) is 4. The van der Waals surface area contributed by atoms with E-state index in [4.69, 9.17) is 4.99 Å². The number of aryl methyl sites for hydroxylation is 1. The molecule has 7 heteroatoms. The molecule has 126 valence electrons. The third kappa shape index (κ3) is 3.09. The normalized spacial score (nSPS) is 15.1. The van der Waals surface area contributed by atoms with Gasteiger partial charge in [-0.3, -0.25) is 5.43 Å². The Hall–Kier alpha value is -2.12. The highest BCUT2D eigenvalue weighted by Crippen LogP contribution is 2.31. The summed E-state index contributed by atoms with van der Waals surface area (Å²) in [5, 5.41) is 9.47. The van der Waals surface area contributed by atoms with Crippen molar-refractivity contribution in [3.8, 4) is 11.4 Å². The fourth-order valence-corrected chi connectivity index (χ4v) is 3.85. The van der Waals surface area contributed by atoms with Crippen LogP contribution in [0.3, 0.4) is 0 Å². The number of aliphatic imine (C=N–C) groups is 1. The number of halogens is 1. The van der Waals surface area contributed by atoms with Crippen LogP contribution in [0.2, 0.25) is 0 Å². The number of thioether (sulfide) groups is 1. The van der Waals surface area contributed by atoms with E-state index in [0.29, 0.717) is 0 Å². The smallest absolute Gasteiger partial charge is 0.211 e. The average molecular weight is 414 g/mol. The Morgan fingerprint density at radius 2 is 1.96 bits per heavy atom. The van der Waals surface area contributed by atoms with Crippen molar-refractivity contribution in [3.05, 3.63) is 58.1 Å². The molecule has 2 aromatic carbocycles. The lowest BCUT2D eigenvalue weighted by Crippen LogP contribution is -2.30. The molecule has 3 aromatic rings. The third-order valence-electron chi connectivity index (χ3n) is 4.16. The maximum atomic E-state index is 4.81. The molecule has 5 nitrogen and oxygen atoms in total. The molecule has 1 aromatic heterocycles. The number of hydrogen-bond donors (Lipinski definition) is 1. The predicted octanol–water partition coefficient (Wildman–Crippen LogP) is 4.70. The second-order valence-electron chi connectivity index (χ2n) is 5.80. The first-order valence-electron chi connectivity index (χ1n) is 7.87. The third-order valence-corrected chi connectivity index (χ3v) is 5.79. The number of nitrogens with one attached hydrogen (secondary N) is 1. The number of aromatic nitrogens is 3. The van der Waals surface area contributed by atoms with Gasteiger partial charge >= 0.3 is 0 Å². The van der Waals surface area contributed by atoms with E-state index in [1.807, 2.05) is 41.1 Å². The number of hydrogen-bond acceptors (Lipinski definition) is 4. The molecule has 0 amide bonds. The Bertz CT molecular complexity index is 979. The van der Waals surface area contributed by atoms with Crippen molar-refractivity contribution in [1.29, 1.82) is 0 Å². The van der Waals surface area contributed by atoms with E-state index in [0.717, 1.165) is 38.3 Å². The van der Waals surface area contributed by atoms with Gasteiger partial charge in [0, 0.05) is 10.0 Å². The lowest BCUT2D eigenvalue weighted by Gasteiger charge is -2.19. The summed E-state index contributed by atoms with van der Waals surface area (Å²) >= 11 is 5.21. The van der Waals surface area contributed by atoms with Gasteiger partial charge in [0.15, 0.2) is 5.82 Å². The number of amidine groups is 1. The molecular formula is C18H16BrN5S. The van der Waals surface area contributed by atoms with Crippen molar-refractivity contribution in [2.75, 3.05) is 11.2 Å². The van der Waals surface area contributed by atoms with Crippen LogP contribution in [0.25, 0.3) is 11.4 Å². The fourth-order valence-electron chi connectivity index (χ4n) is 2.63. The van der Waals surface area contributed by atoms with Crippen molar-refractivity contribution in [3.63, 3.8) is 0 Å². The summed E-state index contributed by atoms with van der Waals surface area (Å²) in [6.45, 7) is 4.20. The van der Waals surface area contributed by atoms with E-state index in [2.05, 4.69) is 51.5 Å². The van der Waals surface area contributed by atoms with Gasteiger partial charge in [0.2, 0.25) is 5.16 Å². The van der Waals surface area contributed by atoms with E-state index in [9.17, 15) is 0 Å². The van der Waals surface area contributed by atoms with Gasteiger partial charge in [-0.2, -0.15) is 0 Å². The van der Waals surface area contributed by atoms with E-state index < -0.39 is 0 Å². The van der Waals surface area contributed by atoms with Gasteiger partial charge < -0.3 is 0 Å². The van der Waals surface area contributed by atoms with Crippen LogP contribution in [-0.2, 0) is 0 Å². The van der Waals surface area contributed by atoms with Crippen LogP contribution in [0.4, 0.5) is 5.69 Å². The maximum Gasteiger partial charge on any atom is 0.211 e. The Labute approximate surface area is 158 Å². The first kappa shape index (κ1) is 16.4. The van der Waals surface area contributed by atoms with Gasteiger partial charge in [-0.15, -0.1) is 10.2 Å². The Kier molecular flexibility index (Phi) is 4.35. The largest absolute Gasteiger partial charge is 0.276 e. The predicted molar refractivity (Wildman–Crippen MR) is 106 cm³/mol. The molecule has 1 aliphatic heterocycles. The van der Waals surface area contributed by atoms with Crippen LogP contribution in [0, 0.1) is 13.8 Å². The van der Waals surface area contributed by atoms with Crippen molar-refractivity contribution in [2.24, 2.45) is 4.99 Å². The minimum atomic E-state index is 0.738. The van der Waals surface area contributed by atoms with Crippen molar-refractivity contribution < 1.29 is 0 Å². The molecule has 0 aliphatic carbocycles. The summed E-state index contributed by atoms with van der Waals surface area (Å²) in [4.78, 5) is 4.81. The summed E-state index contributed by atoms with van der Waals surface area (Å²) in [6.07, 6.45) is 0. The zero-order valence-electron chi connectivity index (χ0n) is 13.8. The highest BCUT2D eigenvalue weighted by atomic mass is 79.9. The quantitative estimate of drug-likeness (QED) is 0.660. The topological polar surface area (TPSA) is 55.1 Å². The standard InChI is InChI=1S/C18H16BrN5S/c1-11-6-5-9-15(12(11)2)20-16-10-25-18-22-21-17(24(18)23-16)13-7-3-4-8-14(13)19/h3-9H,10H2,1-2H3,(H,20,23). The van der Waals surface area contributed by atoms with Crippen LogP contribution < -0.4 is 5.43 Å². The molecule has 0 saturated heterocycles. The average Bonchev–Trinajstić information content (AvgIpc) is 3.02.